The van der Waals surface area contributed by atoms with Crippen molar-refractivity contribution >= 4 is 5.91 Å². The van der Waals surface area contributed by atoms with Gasteiger partial charge in [-0.1, -0.05) is 39.5 Å². The highest BCUT2D eigenvalue weighted by molar-refractivity contribution is 5.92. The van der Waals surface area contributed by atoms with Gasteiger partial charge in [-0.3, -0.25) is 4.79 Å². The largest absolute Gasteiger partial charge is 0.347 e. The molecule has 1 rings (SSSR count). The summed E-state index contributed by atoms with van der Waals surface area (Å²) in [6.07, 6.45) is 8.20. The van der Waals surface area contributed by atoms with E-state index in [2.05, 4.69) is 29.2 Å². The number of nitrogens with zero attached hydrogens (tertiary/aromatic N) is 3. The Kier molecular flexibility index (Phi) is 10.3. The average Bonchev–Trinajstić information content (AvgIpc) is 3.05. The summed E-state index contributed by atoms with van der Waals surface area (Å²) in [5, 5.41) is 6.46. The van der Waals surface area contributed by atoms with E-state index in [1.165, 1.54) is 31.7 Å². The van der Waals surface area contributed by atoms with E-state index in [0.717, 1.165) is 38.7 Å². The first-order valence-corrected chi connectivity index (χ1v) is 9.34. The van der Waals surface area contributed by atoms with E-state index >= 15 is 0 Å². The molecule has 1 atom stereocenters. The SMILES string of the molecule is CCCCCN(CCCCC)CC(C)NC(=O)c1ccn(C(F)F)n1. The molecule has 144 valence electrons. The van der Waals surface area contributed by atoms with Gasteiger partial charge < -0.3 is 10.2 Å². The Morgan fingerprint density at radius 3 is 2.28 bits per heavy atom. The fourth-order valence-electron chi connectivity index (χ4n) is 2.76. The van der Waals surface area contributed by atoms with Crippen molar-refractivity contribution in [3.05, 3.63) is 18.0 Å². The fraction of sp³-hybridized carbons (Fsp3) is 0.778. The van der Waals surface area contributed by atoms with Crippen molar-refractivity contribution in [2.24, 2.45) is 0 Å². The lowest BCUT2D eigenvalue weighted by atomic mass is 10.2. The molecule has 0 aliphatic heterocycles. The molecular weight excluding hydrogens is 326 g/mol. The Bertz CT molecular complexity index is 483. The minimum atomic E-state index is -2.73. The maximum atomic E-state index is 12.5. The maximum absolute atomic E-state index is 12.5. The monoisotopic (exact) mass is 358 g/mol. The van der Waals surface area contributed by atoms with Gasteiger partial charge in [0.15, 0.2) is 0 Å². The first-order chi connectivity index (χ1) is 12.0. The number of rotatable bonds is 13. The van der Waals surface area contributed by atoms with Crippen LogP contribution in [0.1, 0.15) is 76.3 Å². The summed E-state index contributed by atoms with van der Waals surface area (Å²) >= 11 is 0. The predicted molar refractivity (Wildman–Crippen MR) is 95.9 cm³/mol. The second-order valence-electron chi connectivity index (χ2n) is 6.55. The number of hydrogen-bond acceptors (Lipinski definition) is 3. The number of hydrogen-bond donors (Lipinski definition) is 1. The van der Waals surface area contributed by atoms with Gasteiger partial charge in [0.1, 0.15) is 5.69 Å². The molecule has 0 radical (unpaired) electrons. The van der Waals surface area contributed by atoms with Gasteiger partial charge in [-0.25, -0.2) is 4.68 Å². The Morgan fingerprint density at radius 1 is 1.20 bits per heavy atom. The van der Waals surface area contributed by atoms with Gasteiger partial charge in [0, 0.05) is 18.8 Å². The second-order valence-corrected chi connectivity index (χ2v) is 6.55. The lowest BCUT2D eigenvalue weighted by Gasteiger charge is -2.26. The summed E-state index contributed by atoms with van der Waals surface area (Å²) in [5.41, 5.74) is 0.0238. The Morgan fingerprint density at radius 2 is 1.80 bits per heavy atom. The van der Waals surface area contributed by atoms with E-state index in [9.17, 15) is 13.6 Å². The van der Waals surface area contributed by atoms with Crippen molar-refractivity contribution in [1.29, 1.82) is 0 Å². The van der Waals surface area contributed by atoms with Crippen LogP contribution in [0.15, 0.2) is 12.3 Å². The summed E-state index contributed by atoms with van der Waals surface area (Å²) in [5.74, 6) is -0.408. The second kappa shape index (κ2) is 12.0. The number of aromatic nitrogens is 2. The van der Waals surface area contributed by atoms with E-state index in [0.29, 0.717) is 4.68 Å². The van der Waals surface area contributed by atoms with E-state index in [1.54, 1.807) is 0 Å². The normalized spacial score (nSPS) is 12.8. The van der Waals surface area contributed by atoms with Crippen LogP contribution in [0, 0.1) is 0 Å². The molecule has 0 saturated heterocycles. The number of amides is 1. The van der Waals surface area contributed by atoms with Crippen LogP contribution in [0.2, 0.25) is 0 Å². The van der Waals surface area contributed by atoms with Crippen LogP contribution >= 0.6 is 0 Å². The quantitative estimate of drug-likeness (QED) is 0.541. The highest BCUT2D eigenvalue weighted by Crippen LogP contribution is 2.09. The molecule has 25 heavy (non-hydrogen) atoms. The third-order valence-corrected chi connectivity index (χ3v) is 4.11. The van der Waals surface area contributed by atoms with E-state index in [4.69, 9.17) is 0 Å². The standard InChI is InChI=1S/C18H32F2N4O/c1-4-6-8-11-23(12-9-7-5-2)14-15(3)21-17(25)16-10-13-24(22-16)18(19)20/h10,13,15,18H,4-9,11-12,14H2,1-3H3,(H,21,25). The van der Waals surface area contributed by atoms with Crippen LogP contribution in [0.5, 0.6) is 0 Å². The van der Waals surface area contributed by atoms with E-state index < -0.39 is 12.5 Å². The van der Waals surface area contributed by atoms with Crippen LogP contribution in [0.3, 0.4) is 0 Å². The number of unbranched alkanes of at least 4 members (excludes halogenated alkanes) is 4. The van der Waals surface area contributed by atoms with Gasteiger partial charge in [-0.05, 0) is 38.9 Å². The number of nitrogens with one attached hydrogen (secondary N) is 1. The molecule has 0 saturated carbocycles. The lowest BCUT2D eigenvalue weighted by Crippen LogP contribution is -2.42. The van der Waals surface area contributed by atoms with E-state index in [-0.39, 0.29) is 11.7 Å². The van der Waals surface area contributed by atoms with E-state index in [1.807, 2.05) is 6.92 Å². The molecule has 0 spiro atoms. The van der Waals surface area contributed by atoms with Crippen molar-refractivity contribution in [1.82, 2.24) is 20.0 Å². The molecule has 0 aliphatic carbocycles. The fourth-order valence-corrected chi connectivity index (χ4v) is 2.76. The highest BCUT2D eigenvalue weighted by Gasteiger charge is 2.17. The van der Waals surface area contributed by atoms with Crippen LogP contribution in [0.25, 0.3) is 0 Å². The highest BCUT2D eigenvalue weighted by atomic mass is 19.3. The van der Waals surface area contributed by atoms with Crippen molar-refractivity contribution in [2.45, 2.75) is 71.9 Å². The Labute approximate surface area is 149 Å². The molecular formula is C18H32F2N4O. The minimum Gasteiger partial charge on any atom is -0.347 e. The van der Waals surface area contributed by atoms with Crippen LogP contribution in [-0.4, -0.2) is 46.3 Å². The first-order valence-electron chi connectivity index (χ1n) is 9.34. The van der Waals surface area contributed by atoms with Crippen molar-refractivity contribution in [2.75, 3.05) is 19.6 Å². The van der Waals surface area contributed by atoms with Crippen molar-refractivity contribution in [3.8, 4) is 0 Å². The maximum Gasteiger partial charge on any atom is 0.333 e. The Hall–Kier alpha value is -1.50. The Balaban J connectivity index is 2.49. The zero-order valence-electron chi connectivity index (χ0n) is 15.7. The molecule has 1 aromatic heterocycles. The molecule has 5 nitrogen and oxygen atoms in total. The van der Waals surface area contributed by atoms with Crippen molar-refractivity contribution < 1.29 is 13.6 Å². The molecule has 1 aromatic rings. The summed E-state index contributed by atoms with van der Waals surface area (Å²) in [6.45, 7) is 6.39. The molecule has 1 heterocycles. The summed E-state index contributed by atoms with van der Waals surface area (Å²) in [6, 6.07) is 1.25. The molecule has 1 N–H and O–H groups in total. The zero-order valence-corrected chi connectivity index (χ0v) is 15.7. The van der Waals surface area contributed by atoms with Gasteiger partial charge in [-0.2, -0.15) is 13.9 Å². The first kappa shape index (κ1) is 21.5. The van der Waals surface area contributed by atoms with Crippen molar-refractivity contribution in [3.63, 3.8) is 0 Å². The lowest BCUT2D eigenvalue weighted by molar-refractivity contribution is 0.0559. The summed E-state index contributed by atoms with van der Waals surface area (Å²) in [7, 11) is 0. The van der Waals surface area contributed by atoms with Gasteiger partial charge in [-0.15, -0.1) is 0 Å². The third kappa shape index (κ3) is 8.43. The summed E-state index contributed by atoms with van der Waals surface area (Å²) < 4.78 is 25.6. The van der Waals surface area contributed by atoms with Crippen LogP contribution < -0.4 is 5.32 Å². The van der Waals surface area contributed by atoms with Gasteiger partial charge >= 0.3 is 6.55 Å². The number of alkyl halides is 2. The minimum absolute atomic E-state index is 0.0238. The molecule has 1 unspecified atom stereocenters. The molecule has 1 amide bonds. The molecule has 0 aromatic carbocycles. The third-order valence-electron chi connectivity index (χ3n) is 4.11. The number of carbonyl (C=O) groups excluding carboxylic acids is 1. The van der Waals surface area contributed by atoms with Crippen LogP contribution in [0.4, 0.5) is 8.78 Å². The van der Waals surface area contributed by atoms with Crippen LogP contribution in [-0.2, 0) is 0 Å². The number of carbonyl (C=O) groups is 1. The average molecular weight is 358 g/mol. The van der Waals surface area contributed by atoms with Gasteiger partial charge in [0.25, 0.3) is 5.91 Å². The topological polar surface area (TPSA) is 50.2 Å². The molecule has 0 fully saturated rings. The van der Waals surface area contributed by atoms with Gasteiger partial charge in [0.05, 0.1) is 0 Å². The van der Waals surface area contributed by atoms with Gasteiger partial charge in [0.2, 0.25) is 0 Å². The summed E-state index contributed by atoms with van der Waals surface area (Å²) in [4.78, 5) is 14.5. The molecule has 0 aliphatic rings. The number of halogens is 2. The molecule has 0 bridgehead atoms. The smallest absolute Gasteiger partial charge is 0.333 e. The predicted octanol–water partition coefficient (Wildman–Crippen LogP) is 4.08. The zero-order chi connectivity index (χ0) is 18.7. The molecule has 7 heteroatoms.